The zero-order valence-electron chi connectivity index (χ0n) is 15.3. The minimum atomic E-state index is -0.444. The first-order valence-electron chi connectivity index (χ1n) is 8.81. The van der Waals surface area contributed by atoms with Gasteiger partial charge >= 0.3 is 5.97 Å². The molecule has 0 unspecified atom stereocenters. The van der Waals surface area contributed by atoms with Crippen molar-refractivity contribution < 1.29 is 28.5 Å². The van der Waals surface area contributed by atoms with Crippen molar-refractivity contribution in [1.29, 1.82) is 0 Å². The minimum Gasteiger partial charge on any atom is -0.486 e. The van der Waals surface area contributed by atoms with Crippen LogP contribution >= 0.6 is 15.9 Å². The number of rotatable bonds is 7. The fourth-order valence-electron chi connectivity index (χ4n) is 2.63. The molecule has 0 saturated heterocycles. The molecule has 8 heteroatoms. The molecule has 0 aliphatic carbocycles. The summed E-state index contributed by atoms with van der Waals surface area (Å²) in [6.45, 7) is 2.84. The Bertz CT molecular complexity index is 870. The van der Waals surface area contributed by atoms with Crippen LogP contribution in [0.2, 0.25) is 0 Å². The lowest BCUT2D eigenvalue weighted by Gasteiger charge is -2.19. The summed E-state index contributed by atoms with van der Waals surface area (Å²) in [5, 5.41) is 2.82. The van der Waals surface area contributed by atoms with E-state index in [9.17, 15) is 9.59 Å². The summed E-state index contributed by atoms with van der Waals surface area (Å²) >= 11 is 3.47. The normalized spacial score (nSPS) is 12.2. The Hall–Kier alpha value is -2.74. The van der Waals surface area contributed by atoms with Crippen LogP contribution in [0.5, 0.6) is 17.2 Å². The Morgan fingerprint density at radius 1 is 1.14 bits per heavy atom. The number of amides is 1. The number of fused-ring (bicyclic) bond motifs is 1. The highest BCUT2D eigenvalue weighted by molar-refractivity contribution is 9.10. The molecule has 28 heavy (non-hydrogen) atoms. The number of carbonyl (C=O) groups is 2. The standard InChI is InChI=1S/C20H20BrNO6/c1-2-25-20(24)12-28-15-5-3-4-14(10-15)22-19(23)9-13-8-17-18(11-16(13)21)27-7-6-26-17/h3-5,8,10-11H,2,6-7,9,12H2,1H3,(H,22,23). The van der Waals surface area contributed by atoms with E-state index in [2.05, 4.69) is 21.2 Å². The molecule has 0 fully saturated rings. The van der Waals surface area contributed by atoms with Gasteiger partial charge < -0.3 is 24.3 Å². The van der Waals surface area contributed by atoms with Gasteiger partial charge in [-0.05, 0) is 36.8 Å². The van der Waals surface area contributed by atoms with Crippen LogP contribution in [0.4, 0.5) is 5.69 Å². The van der Waals surface area contributed by atoms with Crippen LogP contribution in [-0.2, 0) is 20.7 Å². The molecule has 148 valence electrons. The van der Waals surface area contributed by atoms with Gasteiger partial charge in [-0.15, -0.1) is 0 Å². The summed E-state index contributed by atoms with van der Waals surface area (Å²) in [4.78, 5) is 23.8. The van der Waals surface area contributed by atoms with E-state index in [1.165, 1.54) is 0 Å². The van der Waals surface area contributed by atoms with Crippen molar-refractivity contribution in [2.75, 3.05) is 31.7 Å². The van der Waals surface area contributed by atoms with E-state index in [-0.39, 0.29) is 18.9 Å². The van der Waals surface area contributed by atoms with Crippen LogP contribution in [0.3, 0.4) is 0 Å². The van der Waals surface area contributed by atoms with Crippen LogP contribution in [0.25, 0.3) is 0 Å². The van der Waals surface area contributed by atoms with Gasteiger partial charge in [-0.1, -0.05) is 22.0 Å². The quantitative estimate of drug-likeness (QED) is 0.652. The van der Waals surface area contributed by atoms with Crippen molar-refractivity contribution in [3.63, 3.8) is 0 Å². The highest BCUT2D eigenvalue weighted by atomic mass is 79.9. The topological polar surface area (TPSA) is 83.1 Å². The fraction of sp³-hybridized carbons (Fsp3) is 0.300. The van der Waals surface area contributed by atoms with Gasteiger partial charge in [-0.25, -0.2) is 4.79 Å². The van der Waals surface area contributed by atoms with E-state index in [4.69, 9.17) is 18.9 Å². The zero-order chi connectivity index (χ0) is 19.9. The monoisotopic (exact) mass is 449 g/mol. The van der Waals surface area contributed by atoms with Crippen LogP contribution in [-0.4, -0.2) is 38.3 Å². The highest BCUT2D eigenvalue weighted by Crippen LogP contribution is 2.35. The Balaban J connectivity index is 1.60. The second kappa shape index (κ2) is 9.45. The molecule has 0 bridgehead atoms. The van der Waals surface area contributed by atoms with Crippen molar-refractivity contribution in [1.82, 2.24) is 0 Å². The second-order valence-corrected chi connectivity index (χ2v) is 6.79. The van der Waals surface area contributed by atoms with E-state index >= 15 is 0 Å². The van der Waals surface area contributed by atoms with Crippen molar-refractivity contribution in [3.8, 4) is 17.2 Å². The van der Waals surface area contributed by atoms with Gasteiger partial charge in [-0.2, -0.15) is 0 Å². The van der Waals surface area contributed by atoms with Gasteiger partial charge in [0.15, 0.2) is 18.1 Å². The van der Waals surface area contributed by atoms with Crippen molar-refractivity contribution in [2.45, 2.75) is 13.3 Å². The average molecular weight is 450 g/mol. The smallest absolute Gasteiger partial charge is 0.344 e. The lowest BCUT2D eigenvalue weighted by molar-refractivity contribution is -0.145. The number of nitrogens with one attached hydrogen (secondary N) is 1. The number of carbonyl (C=O) groups excluding carboxylic acids is 2. The molecule has 0 atom stereocenters. The maximum Gasteiger partial charge on any atom is 0.344 e. The van der Waals surface area contributed by atoms with Gasteiger partial charge in [0.05, 0.1) is 13.0 Å². The minimum absolute atomic E-state index is 0.158. The molecule has 1 aliphatic heterocycles. The number of esters is 1. The predicted octanol–water partition coefficient (Wildman–Crippen LogP) is 3.34. The zero-order valence-corrected chi connectivity index (χ0v) is 16.9. The van der Waals surface area contributed by atoms with E-state index < -0.39 is 5.97 Å². The Morgan fingerprint density at radius 2 is 1.89 bits per heavy atom. The molecule has 1 heterocycles. The summed E-state index contributed by atoms with van der Waals surface area (Å²) < 4.78 is 22.1. The maximum atomic E-state index is 12.4. The Labute approximate surface area is 171 Å². The lowest BCUT2D eigenvalue weighted by atomic mass is 10.1. The van der Waals surface area contributed by atoms with Crippen LogP contribution in [0.15, 0.2) is 40.9 Å². The van der Waals surface area contributed by atoms with Gasteiger partial charge in [0.2, 0.25) is 5.91 Å². The largest absolute Gasteiger partial charge is 0.486 e. The average Bonchev–Trinajstić information content (AvgIpc) is 2.67. The molecular formula is C20H20BrNO6. The summed E-state index contributed by atoms with van der Waals surface area (Å²) in [5.74, 6) is 1.12. The number of hydrogen-bond donors (Lipinski definition) is 1. The molecular weight excluding hydrogens is 430 g/mol. The summed E-state index contributed by atoms with van der Waals surface area (Å²) in [6.07, 6.45) is 0.158. The fourth-order valence-corrected chi connectivity index (χ4v) is 3.09. The van der Waals surface area contributed by atoms with E-state index in [0.29, 0.717) is 42.8 Å². The molecule has 0 aromatic heterocycles. The third kappa shape index (κ3) is 5.39. The third-order valence-electron chi connectivity index (χ3n) is 3.84. The molecule has 2 aromatic carbocycles. The molecule has 1 N–H and O–H groups in total. The van der Waals surface area contributed by atoms with Crippen molar-refractivity contribution in [2.24, 2.45) is 0 Å². The van der Waals surface area contributed by atoms with Crippen LogP contribution in [0.1, 0.15) is 12.5 Å². The molecule has 1 aliphatic rings. The van der Waals surface area contributed by atoms with E-state index in [0.717, 1.165) is 10.0 Å². The summed E-state index contributed by atoms with van der Waals surface area (Å²) in [5.41, 5.74) is 1.36. The van der Waals surface area contributed by atoms with Gasteiger partial charge in [-0.3, -0.25) is 4.79 Å². The molecule has 7 nitrogen and oxygen atoms in total. The maximum absolute atomic E-state index is 12.4. The first kappa shape index (κ1) is 20.0. The number of halogens is 1. The SMILES string of the molecule is CCOC(=O)COc1cccc(NC(=O)Cc2cc3c(cc2Br)OCCO3)c1. The number of anilines is 1. The number of benzene rings is 2. The van der Waals surface area contributed by atoms with Gasteiger partial charge in [0.1, 0.15) is 19.0 Å². The Morgan fingerprint density at radius 3 is 2.64 bits per heavy atom. The van der Waals surface area contributed by atoms with E-state index in [1.807, 2.05) is 0 Å². The molecule has 1 amide bonds. The number of ether oxygens (including phenoxy) is 4. The first-order valence-corrected chi connectivity index (χ1v) is 9.61. The summed E-state index contributed by atoms with van der Waals surface area (Å²) in [6, 6.07) is 10.4. The van der Waals surface area contributed by atoms with Crippen LogP contribution < -0.4 is 19.5 Å². The molecule has 3 rings (SSSR count). The molecule has 0 spiro atoms. The third-order valence-corrected chi connectivity index (χ3v) is 4.58. The van der Waals surface area contributed by atoms with Crippen molar-refractivity contribution >= 4 is 33.5 Å². The first-order chi connectivity index (χ1) is 13.5. The Kier molecular flexibility index (Phi) is 6.76. The van der Waals surface area contributed by atoms with Gasteiger partial charge in [0.25, 0.3) is 0 Å². The lowest BCUT2D eigenvalue weighted by Crippen LogP contribution is -2.17. The van der Waals surface area contributed by atoms with Gasteiger partial charge in [0, 0.05) is 16.2 Å². The number of hydrogen-bond acceptors (Lipinski definition) is 6. The second-order valence-electron chi connectivity index (χ2n) is 5.93. The summed E-state index contributed by atoms with van der Waals surface area (Å²) in [7, 11) is 0. The van der Waals surface area contributed by atoms with Crippen LogP contribution in [0, 0.1) is 0 Å². The van der Waals surface area contributed by atoms with E-state index in [1.54, 1.807) is 43.3 Å². The predicted molar refractivity (Wildman–Crippen MR) is 106 cm³/mol. The molecule has 0 radical (unpaired) electrons. The highest BCUT2D eigenvalue weighted by Gasteiger charge is 2.16. The molecule has 0 saturated carbocycles. The molecule has 2 aromatic rings. The van der Waals surface area contributed by atoms with Crippen molar-refractivity contribution in [3.05, 3.63) is 46.4 Å².